The molecule has 0 aliphatic carbocycles. The van der Waals surface area contributed by atoms with Gasteiger partial charge in [-0.25, -0.2) is 13.8 Å². The molecule has 0 saturated heterocycles. The third kappa shape index (κ3) is 1.99. The molecule has 1 aromatic heterocycles. The SMILES string of the molecule is N#Cc1ncc(Cl)c(C(F)F)c1[N+](=O)[O-]. The zero-order chi connectivity index (χ0) is 11.6. The smallest absolute Gasteiger partial charge is 0.258 e. The highest BCUT2D eigenvalue weighted by Gasteiger charge is 2.29. The first-order valence-corrected chi connectivity index (χ1v) is 3.87. The molecule has 0 amide bonds. The van der Waals surface area contributed by atoms with Crippen molar-refractivity contribution in [3.05, 3.63) is 32.6 Å². The van der Waals surface area contributed by atoms with Gasteiger partial charge in [0, 0.05) is 6.20 Å². The molecule has 0 aliphatic rings. The number of hydrogen-bond acceptors (Lipinski definition) is 4. The highest BCUT2D eigenvalue weighted by Crippen LogP contribution is 2.35. The van der Waals surface area contributed by atoms with Gasteiger partial charge in [0.2, 0.25) is 5.69 Å². The maximum Gasteiger partial charge on any atom is 0.316 e. The largest absolute Gasteiger partial charge is 0.316 e. The van der Waals surface area contributed by atoms with E-state index in [-0.39, 0.29) is 0 Å². The minimum Gasteiger partial charge on any atom is -0.258 e. The Hall–Kier alpha value is -1.81. The fourth-order valence-corrected chi connectivity index (χ4v) is 1.19. The Kier molecular flexibility index (Phi) is 3.11. The van der Waals surface area contributed by atoms with Crippen LogP contribution in [0.1, 0.15) is 17.7 Å². The maximum atomic E-state index is 12.4. The zero-order valence-electron chi connectivity index (χ0n) is 6.95. The van der Waals surface area contributed by atoms with Crippen LogP contribution < -0.4 is 0 Å². The van der Waals surface area contributed by atoms with Crippen LogP contribution in [0.2, 0.25) is 5.02 Å². The van der Waals surface area contributed by atoms with E-state index < -0.39 is 33.3 Å². The molecule has 8 heteroatoms. The van der Waals surface area contributed by atoms with Crippen molar-refractivity contribution < 1.29 is 13.7 Å². The van der Waals surface area contributed by atoms with Crippen LogP contribution in [0.5, 0.6) is 0 Å². The first-order chi connectivity index (χ1) is 6.99. The van der Waals surface area contributed by atoms with E-state index in [9.17, 15) is 18.9 Å². The van der Waals surface area contributed by atoms with E-state index in [0.717, 1.165) is 6.20 Å². The van der Waals surface area contributed by atoms with E-state index in [0.29, 0.717) is 0 Å². The van der Waals surface area contributed by atoms with E-state index in [1.165, 1.54) is 6.07 Å². The number of alkyl halides is 2. The minimum absolute atomic E-state index is 0.532. The van der Waals surface area contributed by atoms with Crippen molar-refractivity contribution in [2.24, 2.45) is 0 Å². The molecule has 0 spiro atoms. The molecule has 0 fully saturated rings. The number of nitriles is 1. The lowest BCUT2D eigenvalue weighted by Crippen LogP contribution is -2.02. The number of nitro groups is 1. The molecule has 0 saturated carbocycles. The molecule has 0 radical (unpaired) electrons. The number of aromatic nitrogens is 1. The lowest BCUT2D eigenvalue weighted by atomic mass is 10.2. The van der Waals surface area contributed by atoms with Crippen molar-refractivity contribution in [3.63, 3.8) is 0 Å². The molecule has 1 heterocycles. The van der Waals surface area contributed by atoms with E-state index in [1.807, 2.05) is 0 Å². The topological polar surface area (TPSA) is 79.8 Å². The summed E-state index contributed by atoms with van der Waals surface area (Å²) in [5.41, 5.74) is -2.70. The van der Waals surface area contributed by atoms with Gasteiger partial charge in [-0.2, -0.15) is 5.26 Å². The molecule has 15 heavy (non-hydrogen) atoms. The lowest BCUT2D eigenvalue weighted by molar-refractivity contribution is -0.386. The van der Waals surface area contributed by atoms with Crippen LogP contribution in [0, 0.1) is 21.4 Å². The van der Waals surface area contributed by atoms with Crippen molar-refractivity contribution >= 4 is 17.3 Å². The summed E-state index contributed by atoms with van der Waals surface area (Å²) in [6.07, 6.45) is -2.35. The van der Waals surface area contributed by atoms with Gasteiger partial charge in [0.05, 0.1) is 9.95 Å². The highest BCUT2D eigenvalue weighted by atomic mass is 35.5. The van der Waals surface area contributed by atoms with Crippen molar-refractivity contribution in [3.8, 4) is 6.07 Å². The van der Waals surface area contributed by atoms with E-state index >= 15 is 0 Å². The molecule has 78 valence electrons. The van der Waals surface area contributed by atoms with Crippen LogP contribution >= 0.6 is 11.6 Å². The van der Waals surface area contributed by atoms with Gasteiger partial charge >= 0.3 is 5.69 Å². The number of hydrogen-bond donors (Lipinski definition) is 0. The van der Waals surface area contributed by atoms with Gasteiger partial charge in [-0.15, -0.1) is 0 Å². The zero-order valence-corrected chi connectivity index (χ0v) is 7.70. The normalized spacial score (nSPS) is 10.1. The van der Waals surface area contributed by atoms with Gasteiger partial charge in [0.15, 0.2) is 0 Å². The van der Waals surface area contributed by atoms with Crippen LogP contribution in [-0.4, -0.2) is 9.91 Å². The van der Waals surface area contributed by atoms with E-state index in [4.69, 9.17) is 16.9 Å². The molecular formula is C7H2ClF2N3O2. The molecule has 0 N–H and O–H groups in total. The Morgan fingerprint density at radius 3 is 2.67 bits per heavy atom. The van der Waals surface area contributed by atoms with Gasteiger partial charge in [-0.3, -0.25) is 10.1 Å². The Morgan fingerprint density at radius 1 is 1.67 bits per heavy atom. The summed E-state index contributed by atoms with van der Waals surface area (Å²) in [6, 6.07) is 1.35. The predicted octanol–water partition coefficient (Wildman–Crippen LogP) is 2.45. The number of rotatable bonds is 2. The molecule has 0 unspecified atom stereocenters. The van der Waals surface area contributed by atoms with Gasteiger partial charge < -0.3 is 0 Å². The molecule has 0 bridgehead atoms. The first kappa shape index (κ1) is 11.3. The summed E-state index contributed by atoms with van der Waals surface area (Å²) in [6.45, 7) is 0. The molecule has 0 aromatic carbocycles. The summed E-state index contributed by atoms with van der Waals surface area (Å²) in [5, 5.41) is 18.4. The Labute approximate surface area is 87.1 Å². The van der Waals surface area contributed by atoms with Crippen molar-refractivity contribution in [1.29, 1.82) is 5.26 Å². The summed E-state index contributed by atoms with van der Waals surface area (Å²) in [5.74, 6) is 0. The highest BCUT2D eigenvalue weighted by molar-refractivity contribution is 6.31. The molecule has 1 aromatic rings. The third-order valence-corrected chi connectivity index (χ3v) is 1.85. The van der Waals surface area contributed by atoms with Crippen LogP contribution in [0.15, 0.2) is 6.20 Å². The summed E-state index contributed by atoms with van der Waals surface area (Å²) >= 11 is 5.34. The lowest BCUT2D eigenvalue weighted by Gasteiger charge is -2.03. The van der Waals surface area contributed by atoms with Crippen LogP contribution in [0.25, 0.3) is 0 Å². The number of pyridine rings is 1. The van der Waals surface area contributed by atoms with Crippen LogP contribution in [0.4, 0.5) is 14.5 Å². The summed E-state index contributed by atoms with van der Waals surface area (Å²) < 4.78 is 24.9. The minimum atomic E-state index is -3.13. The van der Waals surface area contributed by atoms with Gasteiger partial charge in [-0.05, 0) is 0 Å². The quantitative estimate of drug-likeness (QED) is 0.580. The van der Waals surface area contributed by atoms with E-state index in [2.05, 4.69) is 4.98 Å². The van der Waals surface area contributed by atoms with Crippen molar-refractivity contribution in [2.75, 3.05) is 0 Å². The molecule has 5 nitrogen and oxygen atoms in total. The monoisotopic (exact) mass is 233 g/mol. The molecule has 0 atom stereocenters. The number of nitrogens with zero attached hydrogens (tertiary/aromatic N) is 3. The van der Waals surface area contributed by atoms with Crippen LogP contribution in [0.3, 0.4) is 0 Å². The molecule has 0 aliphatic heterocycles. The Bertz CT molecular complexity index is 458. The third-order valence-electron chi connectivity index (χ3n) is 1.55. The molecule has 1 rings (SSSR count). The summed E-state index contributed by atoms with van der Waals surface area (Å²) in [4.78, 5) is 12.7. The van der Waals surface area contributed by atoms with Crippen LogP contribution in [-0.2, 0) is 0 Å². The predicted molar refractivity (Wildman–Crippen MR) is 45.6 cm³/mol. The average Bonchev–Trinajstić information content (AvgIpc) is 2.16. The van der Waals surface area contributed by atoms with Gasteiger partial charge in [0.1, 0.15) is 11.6 Å². The van der Waals surface area contributed by atoms with Crippen molar-refractivity contribution in [1.82, 2.24) is 4.98 Å². The second-order valence-corrected chi connectivity index (χ2v) is 2.79. The fourth-order valence-electron chi connectivity index (χ4n) is 0.967. The second-order valence-electron chi connectivity index (χ2n) is 2.39. The summed E-state index contributed by atoms with van der Waals surface area (Å²) in [7, 11) is 0. The molecular weight excluding hydrogens is 232 g/mol. The van der Waals surface area contributed by atoms with Crippen molar-refractivity contribution in [2.45, 2.75) is 6.43 Å². The maximum absolute atomic E-state index is 12.4. The fraction of sp³-hybridized carbons (Fsp3) is 0.143. The van der Waals surface area contributed by atoms with Gasteiger partial charge in [0.25, 0.3) is 6.43 Å². The van der Waals surface area contributed by atoms with Gasteiger partial charge in [-0.1, -0.05) is 11.6 Å². The Morgan fingerprint density at radius 2 is 2.27 bits per heavy atom. The first-order valence-electron chi connectivity index (χ1n) is 3.50. The standard InChI is InChI=1S/C7H2ClF2N3O2/c8-3-2-12-4(1-11)6(13(14)15)5(3)7(9)10/h2,7H. The number of halogens is 3. The average molecular weight is 234 g/mol. The Balaban J connectivity index is 3.60. The van der Waals surface area contributed by atoms with E-state index in [1.54, 1.807) is 0 Å². The second kappa shape index (κ2) is 4.14.